The molecule has 0 aliphatic heterocycles. The van der Waals surface area contributed by atoms with Gasteiger partial charge >= 0.3 is 6.18 Å². The lowest BCUT2D eigenvalue weighted by Gasteiger charge is -2.22. The minimum absolute atomic E-state index is 0.00420. The Labute approximate surface area is 188 Å². The monoisotopic (exact) mass is 469 g/mol. The van der Waals surface area contributed by atoms with E-state index >= 15 is 0 Å². The van der Waals surface area contributed by atoms with Crippen LogP contribution in [0.1, 0.15) is 49.0 Å². The van der Waals surface area contributed by atoms with Crippen molar-refractivity contribution in [3.05, 3.63) is 41.6 Å². The second-order valence-electron chi connectivity index (χ2n) is 7.65. The third-order valence-corrected chi connectivity index (χ3v) is 4.35. The summed E-state index contributed by atoms with van der Waals surface area (Å²) in [6.45, 7) is 3.84. The average molecular weight is 469 g/mol. The molecule has 180 valence electrons. The number of amides is 2. The van der Waals surface area contributed by atoms with Gasteiger partial charge < -0.3 is 20.9 Å². The number of anilines is 3. The molecule has 1 aromatic carbocycles. The lowest BCUT2D eigenvalue weighted by molar-refractivity contribution is -0.137. The number of aromatic nitrogens is 2. The summed E-state index contributed by atoms with van der Waals surface area (Å²) in [5, 5.41) is 15.3. The van der Waals surface area contributed by atoms with Crippen LogP contribution < -0.4 is 16.4 Å². The van der Waals surface area contributed by atoms with E-state index in [2.05, 4.69) is 20.6 Å². The first-order valence-electron chi connectivity index (χ1n) is 10.1. The fourth-order valence-electron chi connectivity index (χ4n) is 2.73. The van der Waals surface area contributed by atoms with Crippen molar-refractivity contribution in [1.82, 2.24) is 9.97 Å². The first-order chi connectivity index (χ1) is 15.4. The number of rotatable bonds is 11. The predicted octanol–water partition coefficient (Wildman–Crippen LogP) is 3.23. The topological polar surface area (TPSA) is 139 Å². The molecular formula is C21H26F3N5O4. The van der Waals surface area contributed by atoms with Crippen LogP contribution in [-0.4, -0.2) is 45.7 Å². The lowest BCUT2D eigenvalue weighted by Crippen LogP contribution is -2.36. The first kappa shape index (κ1) is 26.0. The Bertz CT molecular complexity index is 983. The van der Waals surface area contributed by atoms with Gasteiger partial charge in [-0.2, -0.15) is 18.2 Å². The van der Waals surface area contributed by atoms with E-state index in [0.29, 0.717) is 6.61 Å². The number of nitrogens with one attached hydrogen (secondary N) is 2. The van der Waals surface area contributed by atoms with Crippen molar-refractivity contribution < 1.29 is 32.6 Å². The number of halogens is 3. The zero-order chi connectivity index (χ0) is 24.6. The van der Waals surface area contributed by atoms with E-state index in [9.17, 15) is 27.9 Å². The highest BCUT2D eigenvalue weighted by Gasteiger charge is 2.30. The number of hydrogen-bond donors (Lipinski definition) is 4. The van der Waals surface area contributed by atoms with Gasteiger partial charge in [0.15, 0.2) is 0 Å². The molecule has 0 fully saturated rings. The van der Waals surface area contributed by atoms with Crippen molar-refractivity contribution in [1.29, 1.82) is 0 Å². The summed E-state index contributed by atoms with van der Waals surface area (Å²) in [5.41, 5.74) is 2.76. The van der Waals surface area contributed by atoms with Crippen molar-refractivity contribution in [2.24, 2.45) is 5.73 Å². The van der Waals surface area contributed by atoms with Crippen LogP contribution >= 0.6 is 0 Å². The van der Waals surface area contributed by atoms with E-state index in [4.69, 9.17) is 10.5 Å². The summed E-state index contributed by atoms with van der Waals surface area (Å²) < 4.78 is 44.3. The summed E-state index contributed by atoms with van der Waals surface area (Å²) in [5.74, 6) is -1.98. The predicted molar refractivity (Wildman–Crippen MR) is 115 cm³/mol. The molecule has 0 aliphatic carbocycles. The van der Waals surface area contributed by atoms with Gasteiger partial charge in [-0.25, -0.2) is 4.98 Å². The fraction of sp³-hybridized carbons (Fsp3) is 0.429. The highest BCUT2D eigenvalue weighted by atomic mass is 19.4. The largest absolute Gasteiger partial charge is 0.416 e. The molecule has 9 nitrogen and oxygen atoms in total. The Morgan fingerprint density at radius 2 is 2.00 bits per heavy atom. The second kappa shape index (κ2) is 11.1. The maximum atomic E-state index is 13.0. The van der Waals surface area contributed by atoms with E-state index in [0.717, 1.165) is 31.2 Å². The lowest BCUT2D eigenvalue weighted by atomic mass is 10.0. The standard InChI is InChI=1S/C21H26F3N5O4/c1-3-4-8-33-12-20(2,32)10-16(30)28-19-26-11-15(17(25)31)18(29-19)27-14-7-5-6-13(9-14)21(22,23)24/h5-7,9,11,32H,3-4,8,10,12H2,1-2H3,(H2,25,31)(H2,26,27,28,29,30). The molecule has 0 saturated carbocycles. The smallest absolute Gasteiger partial charge is 0.387 e. The molecule has 2 aromatic rings. The molecule has 0 spiro atoms. The van der Waals surface area contributed by atoms with E-state index < -0.39 is 29.2 Å². The fourth-order valence-corrected chi connectivity index (χ4v) is 2.73. The first-order valence-corrected chi connectivity index (χ1v) is 10.1. The molecule has 2 rings (SSSR count). The summed E-state index contributed by atoms with van der Waals surface area (Å²) in [4.78, 5) is 31.8. The molecule has 1 unspecified atom stereocenters. The van der Waals surface area contributed by atoms with Gasteiger partial charge in [0.2, 0.25) is 11.9 Å². The zero-order valence-electron chi connectivity index (χ0n) is 18.2. The maximum absolute atomic E-state index is 13.0. The van der Waals surface area contributed by atoms with Gasteiger partial charge in [-0.3, -0.25) is 14.9 Å². The highest BCUT2D eigenvalue weighted by Crippen LogP contribution is 2.31. The molecule has 1 atom stereocenters. The Morgan fingerprint density at radius 3 is 2.64 bits per heavy atom. The van der Waals surface area contributed by atoms with E-state index in [1.165, 1.54) is 19.1 Å². The van der Waals surface area contributed by atoms with Crippen LogP contribution in [0.4, 0.5) is 30.6 Å². The number of ether oxygens (including phenoxy) is 1. The van der Waals surface area contributed by atoms with Crippen LogP contribution in [0.3, 0.4) is 0 Å². The Hall–Kier alpha value is -3.25. The molecule has 1 aromatic heterocycles. The molecular weight excluding hydrogens is 443 g/mol. The van der Waals surface area contributed by atoms with Crippen LogP contribution in [0.15, 0.2) is 30.5 Å². The quantitative estimate of drug-likeness (QED) is 0.371. The van der Waals surface area contributed by atoms with Crippen molar-refractivity contribution in [2.75, 3.05) is 23.8 Å². The minimum atomic E-state index is -4.56. The molecule has 0 radical (unpaired) electrons. The Morgan fingerprint density at radius 1 is 1.27 bits per heavy atom. The zero-order valence-corrected chi connectivity index (χ0v) is 18.2. The number of nitrogens with two attached hydrogens (primary N) is 1. The number of hydrogen-bond acceptors (Lipinski definition) is 7. The van der Waals surface area contributed by atoms with Gasteiger partial charge in [0.05, 0.1) is 24.2 Å². The Balaban J connectivity index is 2.15. The summed E-state index contributed by atoms with van der Waals surface area (Å²) in [6.07, 6.45) is -2.10. The van der Waals surface area contributed by atoms with Crippen molar-refractivity contribution in [3.8, 4) is 0 Å². The van der Waals surface area contributed by atoms with Crippen molar-refractivity contribution in [3.63, 3.8) is 0 Å². The number of alkyl halides is 3. The van der Waals surface area contributed by atoms with Gasteiger partial charge in [-0.15, -0.1) is 0 Å². The van der Waals surface area contributed by atoms with Gasteiger partial charge in [0.25, 0.3) is 5.91 Å². The summed E-state index contributed by atoms with van der Waals surface area (Å²) in [6, 6.07) is 4.25. The van der Waals surface area contributed by atoms with Crippen LogP contribution in [0, 0.1) is 0 Å². The van der Waals surface area contributed by atoms with Gasteiger partial charge in [0, 0.05) is 18.5 Å². The van der Waals surface area contributed by atoms with Gasteiger partial charge in [-0.1, -0.05) is 19.4 Å². The SMILES string of the molecule is CCCCOCC(C)(O)CC(=O)Nc1ncc(C(N)=O)c(Nc2cccc(C(F)(F)F)c2)n1. The Kier molecular flexibility index (Phi) is 8.71. The van der Waals surface area contributed by atoms with Gasteiger partial charge in [-0.05, 0) is 31.5 Å². The normalized spacial score (nSPS) is 13.3. The molecule has 0 bridgehead atoms. The van der Waals surface area contributed by atoms with E-state index in [1.807, 2.05) is 6.92 Å². The van der Waals surface area contributed by atoms with Crippen LogP contribution in [-0.2, 0) is 15.7 Å². The average Bonchev–Trinajstić information content (AvgIpc) is 2.70. The molecule has 12 heteroatoms. The summed E-state index contributed by atoms with van der Waals surface area (Å²) >= 11 is 0. The van der Waals surface area contributed by atoms with Crippen LogP contribution in [0.5, 0.6) is 0 Å². The third-order valence-electron chi connectivity index (χ3n) is 4.35. The summed E-state index contributed by atoms with van der Waals surface area (Å²) in [7, 11) is 0. The van der Waals surface area contributed by atoms with Crippen LogP contribution in [0.25, 0.3) is 0 Å². The van der Waals surface area contributed by atoms with Crippen molar-refractivity contribution >= 4 is 29.3 Å². The molecule has 1 heterocycles. The molecule has 5 N–H and O–H groups in total. The number of nitrogens with zero attached hydrogens (tertiary/aromatic N) is 2. The number of primary amides is 1. The molecule has 0 aliphatic rings. The number of carbonyl (C=O) groups is 2. The highest BCUT2D eigenvalue weighted by molar-refractivity contribution is 5.98. The molecule has 0 saturated heterocycles. The minimum Gasteiger partial charge on any atom is -0.387 e. The third kappa shape index (κ3) is 8.31. The number of carbonyl (C=O) groups excluding carboxylic acids is 2. The van der Waals surface area contributed by atoms with E-state index in [1.54, 1.807) is 0 Å². The van der Waals surface area contributed by atoms with Crippen molar-refractivity contribution in [2.45, 2.75) is 44.9 Å². The number of aliphatic hydroxyl groups is 1. The van der Waals surface area contributed by atoms with Crippen LogP contribution in [0.2, 0.25) is 0 Å². The number of benzene rings is 1. The van der Waals surface area contributed by atoms with Gasteiger partial charge in [0.1, 0.15) is 11.4 Å². The van der Waals surface area contributed by atoms with E-state index in [-0.39, 0.29) is 36.0 Å². The molecule has 33 heavy (non-hydrogen) atoms. The maximum Gasteiger partial charge on any atom is 0.416 e. The number of unbranched alkanes of at least 4 members (excludes halogenated alkanes) is 1. The second-order valence-corrected chi connectivity index (χ2v) is 7.65. The molecule has 2 amide bonds.